The van der Waals surface area contributed by atoms with Gasteiger partial charge in [0.1, 0.15) is 17.5 Å². The van der Waals surface area contributed by atoms with Crippen LogP contribution in [0.3, 0.4) is 0 Å². The molecule has 0 aliphatic rings. The molecule has 0 N–H and O–H groups in total. The van der Waals surface area contributed by atoms with Crippen molar-refractivity contribution in [1.29, 1.82) is 0 Å². The van der Waals surface area contributed by atoms with Gasteiger partial charge in [-0.05, 0) is 30.3 Å². The molecular weight excluding hydrogens is 317 g/mol. The fraction of sp³-hybridized carbons (Fsp3) is 0.133. The lowest BCUT2D eigenvalue weighted by Crippen LogP contribution is -2.02. The molecule has 0 aliphatic carbocycles. The maximum Gasteiger partial charge on any atom is 0.141 e. The minimum atomic E-state index is -0.505. The van der Waals surface area contributed by atoms with E-state index in [1.54, 1.807) is 16.7 Å². The molecule has 2 nitrogen and oxygen atoms in total. The molecule has 0 spiro atoms. The second kappa shape index (κ2) is 5.62. The van der Waals surface area contributed by atoms with E-state index in [1.165, 1.54) is 24.3 Å². The van der Waals surface area contributed by atoms with Crippen molar-refractivity contribution in [3.63, 3.8) is 0 Å². The number of hydrogen-bond donors (Lipinski definition) is 0. The lowest BCUT2D eigenvalue weighted by molar-refractivity contribution is 0.627. The largest absolute Gasteiger partial charge is 0.296 e. The Labute approximate surface area is 129 Å². The molecule has 0 atom stereocenters. The number of benzene rings is 2. The first kappa shape index (κ1) is 14.3. The standard InChI is InChI=1S/C15H10Cl2F2N2/c16-6-5-15-20-13-4-1-9(18)7-14(13)21(15)10-2-3-12(19)11(17)8-10/h1-4,7-8H,5-6H2. The molecule has 3 aromatic rings. The number of halogens is 4. The van der Waals surface area contributed by atoms with Gasteiger partial charge < -0.3 is 0 Å². The second-order valence-electron chi connectivity index (χ2n) is 4.53. The summed E-state index contributed by atoms with van der Waals surface area (Å²) in [6.45, 7) is 0. The Morgan fingerprint density at radius 3 is 2.62 bits per heavy atom. The molecule has 1 aromatic heterocycles. The highest BCUT2D eigenvalue weighted by Gasteiger charge is 2.14. The van der Waals surface area contributed by atoms with Crippen LogP contribution in [0.15, 0.2) is 36.4 Å². The second-order valence-corrected chi connectivity index (χ2v) is 5.32. The van der Waals surface area contributed by atoms with E-state index in [1.807, 2.05) is 0 Å². The SMILES string of the molecule is Fc1ccc2nc(CCCl)n(-c3ccc(F)c(Cl)c3)c2c1. The van der Waals surface area contributed by atoms with Gasteiger partial charge in [-0.15, -0.1) is 11.6 Å². The number of hydrogen-bond acceptors (Lipinski definition) is 1. The summed E-state index contributed by atoms with van der Waals surface area (Å²) in [5.74, 6) is 0.179. The lowest BCUT2D eigenvalue weighted by atomic mass is 10.2. The summed E-state index contributed by atoms with van der Waals surface area (Å²) in [5.41, 5.74) is 1.87. The van der Waals surface area contributed by atoms with Crippen molar-refractivity contribution < 1.29 is 8.78 Å². The van der Waals surface area contributed by atoms with Crippen LogP contribution in [0.2, 0.25) is 5.02 Å². The first-order chi connectivity index (χ1) is 10.1. The van der Waals surface area contributed by atoms with Gasteiger partial charge in [-0.1, -0.05) is 11.6 Å². The molecule has 0 unspecified atom stereocenters. The number of aromatic nitrogens is 2. The van der Waals surface area contributed by atoms with Gasteiger partial charge in [0.25, 0.3) is 0 Å². The first-order valence-electron chi connectivity index (χ1n) is 6.28. The van der Waals surface area contributed by atoms with Crippen LogP contribution in [-0.4, -0.2) is 15.4 Å². The molecule has 0 radical (unpaired) electrons. The van der Waals surface area contributed by atoms with Crippen LogP contribution in [0, 0.1) is 11.6 Å². The smallest absolute Gasteiger partial charge is 0.141 e. The number of fused-ring (bicyclic) bond motifs is 1. The zero-order valence-electron chi connectivity index (χ0n) is 10.8. The summed E-state index contributed by atoms with van der Waals surface area (Å²) < 4.78 is 28.6. The van der Waals surface area contributed by atoms with Crippen molar-refractivity contribution in [2.45, 2.75) is 6.42 Å². The highest BCUT2D eigenvalue weighted by atomic mass is 35.5. The average molecular weight is 327 g/mol. The van der Waals surface area contributed by atoms with Crippen LogP contribution in [0.1, 0.15) is 5.82 Å². The highest BCUT2D eigenvalue weighted by Crippen LogP contribution is 2.26. The van der Waals surface area contributed by atoms with Crippen molar-refractivity contribution in [2.24, 2.45) is 0 Å². The van der Waals surface area contributed by atoms with Crippen LogP contribution >= 0.6 is 23.2 Å². The van der Waals surface area contributed by atoms with Crippen molar-refractivity contribution >= 4 is 34.2 Å². The Kier molecular flexibility index (Phi) is 3.83. The van der Waals surface area contributed by atoms with Crippen LogP contribution in [-0.2, 0) is 6.42 Å². The number of rotatable bonds is 3. The fourth-order valence-corrected chi connectivity index (χ4v) is 2.61. The van der Waals surface area contributed by atoms with Crippen molar-refractivity contribution in [3.8, 4) is 5.69 Å². The van der Waals surface area contributed by atoms with Gasteiger partial charge in [0.15, 0.2) is 0 Å². The number of aryl methyl sites for hydroxylation is 1. The average Bonchev–Trinajstić information content (AvgIpc) is 2.80. The summed E-state index contributed by atoms with van der Waals surface area (Å²) in [4.78, 5) is 4.45. The lowest BCUT2D eigenvalue weighted by Gasteiger charge is -2.09. The molecule has 0 fully saturated rings. The molecule has 3 rings (SSSR count). The maximum atomic E-state index is 13.5. The number of nitrogens with zero attached hydrogens (tertiary/aromatic N) is 2. The first-order valence-corrected chi connectivity index (χ1v) is 7.19. The van der Waals surface area contributed by atoms with E-state index < -0.39 is 5.82 Å². The van der Waals surface area contributed by atoms with E-state index in [-0.39, 0.29) is 10.8 Å². The summed E-state index contributed by atoms with van der Waals surface area (Å²) in [6, 6.07) is 8.67. The molecule has 0 saturated heterocycles. The molecule has 0 saturated carbocycles. The molecule has 6 heteroatoms. The zero-order chi connectivity index (χ0) is 15.0. The van der Waals surface area contributed by atoms with E-state index in [2.05, 4.69) is 4.98 Å². The third kappa shape index (κ3) is 2.61. The molecule has 0 amide bonds. The molecule has 2 aromatic carbocycles. The third-order valence-corrected chi connectivity index (χ3v) is 3.64. The van der Waals surface area contributed by atoms with Crippen molar-refractivity contribution in [3.05, 3.63) is 58.9 Å². The fourth-order valence-electron chi connectivity index (χ4n) is 2.26. The van der Waals surface area contributed by atoms with Gasteiger partial charge in [-0.25, -0.2) is 13.8 Å². The summed E-state index contributed by atoms with van der Waals surface area (Å²) in [7, 11) is 0. The maximum absolute atomic E-state index is 13.5. The Bertz CT molecular complexity index is 815. The monoisotopic (exact) mass is 326 g/mol. The predicted octanol–water partition coefficient (Wildman–Crippen LogP) is 4.74. The molecule has 21 heavy (non-hydrogen) atoms. The van der Waals surface area contributed by atoms with Gasteiger partial charge in [0.05, 0.1) is 16.1 Å². The van der Waals surface area contributed by atoms with Gasteiger partial charge in [-0.3, -0.25) is 4.57 Å². The number of imidazole rings is 1. The van der Waals surface area contributed by atoms with E-state index >= 15 is 0 Å². The topological polar surface area (TPSA) is 17.8 Å². The predicted molar refractivity (Wildman–Crippen MR) is 80.4 cm³/mol. The summed E-state index contributed by atoms with van der Waals surface area (Å²) in [6.07, 6.45) is 0.507. The van der Waals surface area contributed by atoms with Gasteiger partial charge >= 0.3 is 0 Å². The van der Waals surface area contributed by atoms with E-state index in [9.17, 15) is 8.78 Å². The van der Waals surface area contributed by atoms with Gasteiger partial charge in [-0.2, -0.15) is 0 Å². The highest BCUT2D eigenvalue weighted by molar-refractivity contribution is 6.30. The van der Waals surface area contributed by atoms with Crippen LogP contribution in [0.5, 0.6) is 0 Å². The van der Waals surface area contributed by atoms with Crippen molar-refractivity contribution in [2.75, 3.05) is 5.88 Å². The summed E-state index contributed by atoms with van der Waals surface area (Å²) in [5, 5.41) is 0.00239. The molecule has 0 aliphatic heterocycles. The molecular formula is C15H10Cl2F2N2. The Hall–Kier alpha value is -1.65. The van der Waals surface area contributed by atoms with E-state index in [4.69, 9.17) is 23.2 Å². The molecule has 0 bridgehead atoms. The minimum Gasteiger partial charge on any atom is -0.296 e. The van der Waals surface area contributed by atoms with Gasteiger partial charge in [0.2, 0.25) is 0 Å². The van der Waals surface area contributed by atoms with E-state index in [0.717, 1.165) is 0 Å². The van der Waals surface area contributed by atoms with Gasteiger partial charge in [0, 0.05) is 24.1 Å². The van der Waals surface area contributed by atoms with E-state index in [0.29, 0.717) is 34.8 Å². The normalized spacial score (nSPS) is 11.2. The number of alkyl halides is 1. The molecule has 1 heterocycles. The Balaban J connectivity index is 2.29. The third-order valence-electron chi connectivity index (χ3n) is 3.17. The van der Waals surface area contributed by atoms with Crippen molar-refractivity contribution in [1.82, 2.24) is 9.55 Å². The van der Waals surface area contributed by atoms with Crippen LogP contribution in [0.25, 0.3) is 16.7 Å². The Morgan fingerprint density at radius 2 is 1.90 bits per heavy atom. The summed E-state index contributed by atoms with van der Waals surface area (Å²) >= 11 is 11.6. The quantitative estimate of drug-likeness (QED) is 0.636. The minimum absolute atomic E-state index is 0.00239. The zero-order valence-corrected chi connectivity index (χ0v) is 12.3. The van der Waals surface area contributed by atoms with Crippen LogP contribution < -0.4 is 0 Å². The van der Waals surface area contributed by atoms with Crippen LogP contribution in [0.4, 0.5) is 8.78 Å². The Morgan fingerprint density at radius 1 is 1.10 bits per heavy atom. The molecule has 108 valence electrons.